The van der Waals surface area contributed by atoms with Crippen molar-refractivity contribution in [2.45, 2.75) is 32.1 Å². The highest BCUT2D eigenvalue weighted by molar-refractivity contribution is 5.83. The number of carbonyl (C=O) groups excluding carboxylic acids is 1. The Morgan fingerprint density at radius 3 is 2.55 bits per heavy atom. The van der Waals surface area contributed by atoms with Crippen molar-refractivity contribution in [3.63, 3.8) is 0 Å². The van der Waals surface area contributed by atoms with Crippen LogP contribution in [-0.2, 0) is 4.79 Å². The molecule has 0 aliphatic heterocycles. The Morgan fingerprint density at radius 2 is 2.00 bits per heavy atom. The minimum atomic E-state index is -0.613. The average Bonchev–Trinajstić information content (AvgIpc) is 2.40. The van der Waals surface area contributed by atoms with Crippen LogP contribution in [0.3, 0.4) is 0 Å². The molecule has 0 spiro atoms. The first-order chi connectivity index (χ1) is 9.63. The Labute approximate surface area is 119 Å². The molecule has 3 nitrogen and oxygen atoms in total. The van der Waals surface area contributed by atoms with Gasteiger partial charge in [0, 0.05) is 6.54 Å². The maximum Gasteiger partial charge on any atom is 0.229 e. The lowest BCUT2D eigenvalue weighted by Gasteiger charge is -2.35. The van der Waals surface area contributed by atoms with Gasteiger partial charge in [-0.05, 0) is 42.4 Å². The van der Waals surface area contributed by atoms with Crippen LogP contribution in [0.2, 0.25) is 0 Å². The molecule has 1 unspecified atom stereocenters. The smallest absolute Gasteiger partial charge is 0.229 e. The molecule has 0 aromatic heterocycles. The highest BCUT2D eigenvalue weighted by Gasteiger charge is 2.28. The molecule has 0 heterocycles. The number of halogens is 1. The van der Waals surface area contributed by atoms with Crippen molar-refractivity contribution in [3.8, 4) is 0 Å². The molecular formula is C16H22FNO2. The van der Waals surface area contributed by atoms with Gasteiger partial charge in [-0.2, -0.15) is 0 Å². The summed E-state index contributed by atoms with van der Waals surface area (Å²) in [4.78, 5) is 12.1. The molecule has 4 heteroatoms. The molecule has 0 bridgehead atoms. The van der Waals surface area contributed by atoms with Gasteiger partial charge < -0.3 is 10.4 Å². The first kappa shape index (κ1) is 15.0. The van der Waals surface area contributed by atoms with Gasteiger partial charge in [0.15, 0.2) is 0 Å². The number of hydrogen-bond donors (Lipinski definition) is 2. The third-order valence-electron chi connectivity index (χ3n) is 4.25. The van der Waals surface area contributed by atoms with E-state index in [9.17, 15) is 14.3 Å². The molecular weight excluding hydrogens is 257 g/mol. The van der Waals surface area contributed by atoms with Crippen LogP contribution in [0.4, 0.5) is 4.39 Å². The minimum absolute atomic E-state index is 0.181. The average molecular weight is 279 g/mol. The van der Waals surface area contributed by atoms with E-state index in [2.05, 4.69) is 12.2 Å². The predicted octanol–water partition coefficient (Wildman–Crippen LogP) is 2.45. The maximum atomic E-state index is 12.9. The molecule has 0 radical (unpaired) electrons. The number of rotatable bonds is 6. The summed E-state index contributed by atoms with van der Waals surface area (Å²) in [7, 11) is 0. The van der Waals surface area contributed by atoms with Gasteiger partial charge in [-0.15, -0.1) is 0 Å². The van der Waals surface area contributed by atoms with Crippen LogP contribution in [0, 0.1) is 17.7 Å². The first-order valence-electron chi connectivity index (χ1n) is 7.28. The van der Waals surface area contributed by atoms with Gasteiger partial charge in [-0.1, -0.05) is 25.5 Å². The lowest BCUT2D eigenvalue weighted by atomic mass is 9.73. The summed E-state index contributed by atoms with van der Waals surface area (Å²) < 4.78 is 12.9. The van der Waals surface area contributed by atoms with E-state index in [0.29, 0.717) is 18.0 Å². The summed E-state index contributed by atoms with van der Waals surface area (Å²) in [5.41, 5.74) is 0.645. The minimum Gasteiger partial charge on any atom is -0.395 e. The van der Waals surface area contributed by atoms with Gasteiger partial charge >= 0.3 is 0 Å². The summed E-state index contributed by atoms with van der Waals surface area (Å²) in [6.45, 7) is 2.60. The van der Waals surface area contributed by atoms with Crippen molar-refractivity contribution in [3.05, 3.63) is 35.6 Å². The quantitative estimate of drug-likeness (QED) is 0.840. The Kier molecular flexibility index (Phi) is 5.12. The molecule has 110 valence electrons. The van der Waals surface area contributed by atoms with E-state index in [-0.39, 0.29) is 18.3 Å². The Hall–Kier alpha value is -1.42. The summed E-state index contributed by atoms with van der Waals surface area (Å²) in [6.07, 6.45) is 3.56. The highest BCUT2D eigenvalue weighted by atomic mass is 19.1. The van der Waals surface area contributed by atoms with Crippen LogP contribution >= 0.6 is 0 Å². The van der Waals surface area contributed by atoms with Crippen molar-refractivity contribution in [2.24, 2.45) is 11.8 Å². The number of benzene rings is 1. The number of nitrogens with one attached hydrogen (secondary N) is 1. The second-order valence-electron chi connectivity index (χ2n) is 5.64. The van der Waals surface area contributed by atoms with Crippen LogP contribution in [-0.4, -0.2) is 24.2 Å². The van der Waals surface area contributed by atoms with Crippen molar-refractivity contribution in [2.75, 3.05) is 13.2 Å². The topological polar surface area (TPSA) is 49.3 Å². The molecule has 1 saturated carbocycles. The van der Waals surface area contributed by atoms with E-state index < -0.39 is 5.92 Å². The van der Waals surface area contributed by atoms with Crippen molar-refractivity contribution < 1.29 is 14.3 Å². The number of amides is 1. The highest BCUT2D eigenvalue weighted by Crippen LogP contribution is 2.35. The molecule has 1 aromatic rings. The molecule has 1 fully saturated rings. The van der Waals surface area contributed by atoms with E-state index in [1.807, 2.05) is 0 Å². The number of aliphatic hydroxyl groups excluding tert-OH is 1. The van der Waals surface area contributed by atoms with E-state index in [0.717, 1.165) is 5.92 Å². The van der Waals surface area contributed by atoms with Gasteiger partial charge in [0.25, 0.3) is 0 Å². The van der Waals surface area contributed by atoms with E-state index in [4.69, 9.17) is 0 Å². The molecule has 0 saturated heterocycles. The van der Waals surface area contributed by atoms with Crippen molar-refractivity contribution in [1.29, 1.82) is 0 Å². The van der Waals surface area contributed by atoms with Gasteiger partial charge in [-0.3, -0.25) is 4.79 Å². The Balaban J connectivity index is 1.85. The fourth-order valence-corrected chi connectivity index (χ4v) is 2.78. The van der Waals surface area contributed by atoms with E-state index >= 15 is 0 Å². The Morgan fingerprint density at radius 1 is 1.35 bits per heavy atom. The molecule has 1 aliphatic rings. The molecule has 20 heavy (non-hydrogen) atoms. The molecule has 1 atom stereocenters. The molecule has 1 amide bonds. The predicted molar refractivity (Wildman–Crippen MR) is 75.7 cm³/mol. The van der Waals surface area contributed by atoms with Crippen molar-refractivity contribution >= 4 is 5.91 Å². The summed E-state index contributed by atoms with van der Waals surface area (Å²) in [5, 5.41) is 12.3. The Bertz CT molecular complexity index is 440. The standard InChI is InChI=1S/C16H22FNO2/c1-2-11-7-12(8-11)9-18-16(20)15(10-19)13-3-5-14(17)6-4-13/h3-6,11-12,15,19H,2,7-10H2,1H3,(H,18,20). The first-order valence-corrected chi connectivity index (χ1v) is 7.28. The van der Waals surface area contributed by atoms with Crippen LogP contribution in [0.15, 0.2) is 24.3 Å². The summed E-state index contributed by atoms with van der Waals surface area (Å²) >= 11 is 0. The van der Waals surface area contributed by atoms with Gasteiger partial charge in [0.2, 0.25) is 5.91 Å². The lowest BCUT2D eigenvalue weighted by molar-refractivity contribution is -0.123. The van der Waals surface area contributed by atoms with Crippen LogP contribution in [0.1, 0.15) is 37.7 Å². The normalized spacial score (nSPS) is 22.9. The van der Waals surface area contributed by atoms with Crippen LogP contribution in [0.25, 0.3) is 0 Å². The van der Waals surface area contributed by atoms with Gasteiger partial charge in [0.1, 0.15) is 5.82 Å². The monoisotopic (exact) mass is 279 g/mol. The molecule has 2 N–H and O–H groups in total. The summed E-state index contributed by atoms with van der Waals surface area (Å²) in [6, 6.07) is 5.71. The number of aliphatic hydroxyl groups is 1. The SMILES string of the molecule is CCC1CC(CNC(=O)C(CO)c2ccc(F)cc2)C1. The van der Waals surface area contributed by atoms with Gasteiger partial charge in [-0.25, -0.2) is 4.39 Å². The molecule has 1 aromatic carbocycles. The second-order valence-corrected chi connectivity index (χ2v) is 5.64. The zero-order valence-corrected chi connectivity index (χ0v) is 11.8. The van der Waals surface area contributed by atoms with Crippen molar-refractivity contribution in [1.82, 2.24) is 5.32 Å². The zero-order chi connectivity index (χ0) is 14.5. The summed E-state index contributed by atoms with van der Waals surface area (Å²) in [5.74, 6) is 0.238. The lowest BCUT2D eigenvalue weighted by Crippen LogP contribution is -2.38. The largest absolute Gasteiger partial charge is 0.395 e. The maximum absolute atomic E-state index is 12.9. The van der Waals surface area contributed by atoms with Crippen LogP contribution in [0.5, 0.6) is 0 Å². The zero-order valence-electron chi connectivity index (χ0n) is 11.8. The fraction of sp³-hybridized carbons (Fsp3) is 0.562. The second kappa shape index (κ2) is 6.84. The molecule has 2 rings (SSSR count). The third-order valence-corrected chi connectivity index (χ3v) is 4.25. The van der Waals surface area contributed by atoms with Gasteiger partial charge in [0.05, 0.1) is 12.5 Å². The number of carbonyl (C=O) groups is 1. The van der Waals surface area contributed by atoms with E-state index in [1.54, 1.807) is 12.1 Å². The molecule has 1 aliphatic carbocycles. The number of hydrogen-bond acceptors (Lipinski definition) is 2. The van der Waals surface area contributed by atoms with E-state index in [1.165, 1.54) is 31.4 Å². The van der Waals surface area contributed by atoms with Crippen LogP contribution < -0.4 is 5.32 Å². The fourth-order valence-electron chi connectivity index (χ4n) is 2.78. The third kappa shape index (κ3) is 3.57.